The average Bonchev–Trinajstić information content (AvgIpc) is 3.26. The van der Waals surface area contributed by atoms with Crippen LogP contribution in [-0.4, -0.2) is 73.4 Å². The lowest BCUT2D eigenvalue weighted by Crippen LogP contribution is -2.48. The molecule has 7 nitrogen and oxygen atoms in total. The number of amides is 1. The predicted molar refractivity (Wildman–Crippen MR) is 131 cm³/mol. The van der Waals surface area contributed by atoms with Crippen LogP contribution >= 0.6 is 23.4 Å². The molecular weight excluding hydrogens is 468 g/mol. The lowest BCUT2D eigenvalue weighted by molar-refractivity contribution is 0.0747. The van der Waals surface area contributed by atoms with Crippen molar-refractivity contribution in [1.29, 1.82) is 0 Å². The summed E-state index contributed by atoms with van der Waals surface area (Å²) in [6.07, 6.45) is 0. The van der Waals surface area contributed by atoms with Gasteiger partial charge in [-0.1, -0.05) is 29.4 Å². The monoisotopic (exact) mass is 490 g/mol. The quantitative estimate of drug-likeness (QED) is 0.712. The van der Waals surface area contributed by atoms with Crippen LogP contribution in [0.2, 0.25) is 5.02 Å². The van der Waals surface area contributed by atoms with Gasteiger partial charge in [-0.2, -0.15) is 0 Å². The smallest absolute Gasteiger partial charge is 0.253 e. The standard InChI is InChI=1S/C22H23ClN4O3S2/c23-16-2-1-3-18(12-16)26-8-10-27(11-9-26)21(28)15-4-6-17(7-5-15)24-22-25-19-13-32(29,30)14-20(19)31-22/h1-7,12,19-20H,8-11,13-14H2,(H,24,25)/t19-,20-/m0/s1. The van der Waals surface area contributed by atoms with Gasteiger partial charge in [0.05, 0.1) is 17.5 Å². The lowest BCUT2D eigenvalue weighted by atomic mass is 10.1. The summed E-state index contributed by atoms with van der Waals surface area (Å²) in [4.78, 5) is 21.6. The zero-order chi connectivity index (χ0) is 22.3. The predicted octanol–water partition coefficient (Wildman–Crippen LogP) is 2.98. The summed E-state index contributed by atoms with van der Waals surface area (Å²) < 4.78 is 23.4. The molecule has 2 aromatic carbocycles. The Morgan fingerprint density at radius 2 is 1.81 bits per heavy atom. The van der Waals surface area contributed by atoms with E-state index in [1.165, 1.54) is 11.8 Å². The van der Waals surface area contributed by atoms with E-state index in [2.05, 4.69) is 15.2 Å². The highest BCUT2D eigenvalue weighted by Crippen LogP contribution is 2.34. The van der Waals surface area contributed by atoms with Gasteiger partial charge in [-0.05, 0) is 42.5 Å². The van der Waals surface area contributed by atoms with Gasteiger partial charge in [0.2, 0.25) is 0 Å². The van der Waals surface area contributed by atoms with E-state index in [0.717, 1.165) is 29.6 Å². The van der Waals surface area contributed by atoms with E-state index in [9.17, 15) is 13.2 Å². The van der Waals surface area contributed by atoms with Gasteiger partial charge in [0.1, 0.15) is 0 Å². The van der Waals surface area contributed by atoms with Crippen LogP contribution in [0.5, 0.6) is 0 Å². The SMILES string of the molecule is O=C(c1ccc(NC2=N[C@H]3CS(=O)(=O)C[C@@H]3S2)cc1)N1CCN(c2cccc(Cl)c2)CC1. The maximum atomic E-state index is 12.9. The molecule has 32 heavy (non-hydrogen) atoms. The van der Waals surface area contributed by atoms with Crippen LogP contribution < -0.4 is 10.2 Å². The van der Waals surface area contributed by atoms with E-state index >= 15 is 0 Å². The molecule has 2 aromatic rings. The van der Waals surface area contributed by atoms with E-state index in [1.807, 2.05) is 53.4 Å². The maximum absolute atomic E-state index is 12.9. The third-order valence-electron chi connectivity index (χ3n) is 5.94. The van der Waals surface area contributed by atoms with Crippen LogP contribution in [0.1, 0.15) is 10.4 Å². The van der Waals surface area contributed by atoms with E-state index in [1.54, 1.807) is 0 Å². The Balaban J connectivity index is 1.17. The molecule has 3 aliphatic heterocycles. The maximum Gasteiger partial charge on any atom is 0.253 e. The number of hydrogen-bond acceptors (Lipinski definition) is 7. The minimum atomic E-state index is -2.96. The highest BCUT2D eigenvalue weighted by molar-refractivity contribution is 8.15. The Labute approximate surface area is 196 Å². The topological polar surface area (TPSA) is 82.1 Å². The minimum Gasteiger partial charge on any atom is -0.368 e. The highest BCUT2D eigenvalue weighted by Gasteiger charge is 2.42. The molecule has 1 N–H and O–H groups in total. The van der Waals surface area contributed by atoms with Crippen molar-refractivity contribution in [3.8, 4) is 0 Å². The van der Waals surface area contributed by atoms with Crippen LogP contribution in [0, 0.1) is 0 Å². The van der Waals surface area contributed by atoms with E-state index in [4.69, 9.17) is 11.6 Å². The molecule has 2 saturated heterocycles. The number of benzene rings is 2. The zero-order valence-electron chi connectivity index (χ0n) is 17.3. The first-order valence-corrected chi connectivity index (χ1v) is 13.6. The Bertz CT molecular complexity index is 1160. The summed E-state index contributed by atoms with van der Waals surface area (Å²) in [7, 11) is -2.96. The Morgan fingerprint density at radius 1 is 1.06 bits per heavy atom. The van der Waals surface area contributed by atoms with Crippen molar-refractivity contribution in [3.05, 3.63) is 59.1 Å². The largest absolute Gasteiger partial charge is 0.368 e. The number of amidine groups is 1. The second-order valence-corrected chi connectivity index (χ2v) is 12.0. The summed E-state index contributed by atoms with van der Waals surface area (Å²) in [6, 6.07) is 15.0. The molecular formula is C22H23ClN4O3S2. The number of anilines is 2. The second-order valence-electron chi connectivity index (χ2n) is 8.20. The van der Waals surface area contributed by atoms with Crippen LogP contribution in [-0.2, 0) is 9.84 Å². The fourth-order valence-electron chi connectivity index (χ4n) is 4.26. The molecule has 0 saturated carbocycles. The number of carbonyl (C=O) groups excluding carboxylic acids is 1. The third kappa shape index (κ3) is 4.60. The molecule has 2 atom stereocenters. The number of carbonyl (C=O) groups is 1. The van der Waals surface area contributed by atoms with Crippen LogP contribution in [0.4, 0.5) is 11.4 Å². The molecule has 0 radical (unpaired) electrons. The van der Waals surface area contributed by atoms with Gasteiger partial charge in [0.15, 0.2) is 15.0 Å². The third-order valence-corrected chi connectivity index (χ3v) is 9.32. The number of nitrogens with one attached hydrogen (secondary N) is 1. The molecule has 0 unspecified atom stereocenters. The first-order valence-electron chi connectivity index (χ1n) is 10.5. The van der Waals surface area contributed by atoms with Gasteiger partial charge in [0, 0.05) is 53.4 Å². The van der Waals surface area contributed by atoms with Crippen molar-refractivity contribution in [3.63, 3.8) is 0 Å². The molecule has 0 bridgehead atoms. The van der Waals surface area contributed by atoms with E-state index in [0.29, 0.717) is 23.7 Å². The molecule has 3 heterocycles. The molecule has 2 fully saturated rings. The Morgan fingerprint density at radius 3 is 2.50 bits per heavy atom. The van der Waals surface area contributed by atoms with Crippen LogP contribution in [0.3, 0.4) is 0 Å². The fourth-order valence-corrected chi connectivity index (χ4v) is 8.12. The van der Waals surface area contributed by atoms with Crippen LogP contribution in [0.15, 0.2) is 53.5 Å². The zero-order valence-corrected chi connectivity index (χ0v) is 19.7. The summed E-state index contributed by atoms with van der Waals surface area (Å²) in [5, 5.41) is 4.71. The van der Waals surface area contributed by atoms with Crippen molar-refractivity contribution in [2.24, 2.45) is 4.99 Å². The van der Waals surface area contributed by atoms with Gasteiger partial charge in [-0.25, -0.2) is 8.42 Å². The molecule has 168 valence electrons. The van der Waals surface area contributed by atoms with Gasteiger partial charge < -0.3 is 15.1 Å². The summed E-state index contributed by atoms with van der Waals surface area (Å²) >= 11 is 7.58. The molecule has 0 aliphatic carbocycles. The van der Waals surface area contributed by atoms with Crippen molar-refractivity contribution < 1.29 is 13.2 Å². The average molecular weight is 491 g/mol. The normalized spacial score (nSPS) is 24.2. The molecule has 0 spiro atoms. The number of hydrogen-bond donors (Lipinski definition) is 1. The van der Waals surface area contributed by atoms with Crippen molar-refractivity contribution >= 4 is 55.6 Å². The van der Waals surface area contributed by atoms with Gasteiger partial charge in [-0.15, -0.1) is 0 Å². The lowest BCUT2D eigenvalue weighted by Gasteiger charge is -2.36. The molecule has 10 heteroatoms. The van der Waals surface area contributed by atoms with Gasteiger partial charge >= 0.3 is 0 Å². The van der Waals surface area contributed by atoms with E-state index in [-0.39, 0.29) is 28.7 Å². The molecule has 5 rings (SSSR count). The number of piperazine rings is 1. The minimum absolute atomic E-state index is 0.00827. The second kappa shape index (κ2) is 8.61. The summed E-state index contributed by atoms with van der Waals surface area (Å²) in [5.74, 6) is 0.345. The number of sulfone groups is 1. The Kier molecular flexibility index (Phi) is 5.81. The highest BCUT2D eigenvalue weighted by atomic mass is 35.5. The van der Waals surface area contributed by atoms with Crippen molar-refractivity contribution in [2.45, 2.75) is 11.3 Å². The Hall–Kier alpha value is -2.23. The summed E-state index contributed by atoms with van der Waals surface area (Å²) in [5.41, 5.74) is 2.56. The number of aliphatic imine (C=N–C) groups is 1. The van der Waals surface area contributed by atoms with Crippen molar-refractivity contribution in [1.82, 2.24) is 4.90 Å². The van der Waals surface area contributed by atoms with Crippen LogP contribution in [0.25, 0.3) is 0 Å². The van der Waals surface area contributed by atoms with Gasteiger partial charge in [0.25, 0.3) is 5.91 Å². The van der Waals surface area contributed by atoms with Gasteiger partial charge in [-0.3, -0.25) is 9.79 Å². The molecule has 1 amide bonds. The summed E-state index contributed by atoms with van der Waals surface area (Å²) in [6.45, 7) is 2.84. The first kappa shape index (κ1) is 21.6. The number of halogens is 1. The van der Waals surface area contributed by atoms with E-state index < -0.39 is 9.84 Å². The first-order chi connectivity index (χ1) is 15.4. The number of rotatable bonds is 3. The van der Waals surface area contributed by atoms with Crippen molar-refractivity contribution in [2.75, 3.05) is 47.9 Å². The number of thioether (sulfide) groups is 1. The molecule has 0 aromatic heterocycles. The fraction of sp³-hybridized carbons (Fsp3) is 0.364. The molecule has 3 aliphatic rings. The number of fused-ring (bicyclic) bond motifs is 1. The number of nitrogens with zero attached hydrogens (tertiary/aromatic N) is 3.